The van der Waals surface area contributed by atoms with Crippen LogP contribution in [0.5, 0.6) is 5.75 Å². The van der Waals surface area contributed by atoms with Gasteiger partial charge in [-0.15, -0.1) is 6.58 Å². The Bertz CT molecular complexity index is 643. The van der Waals surface area contributed by atoms with Gasteiger partial charge in [-0.05, 0) is 25.0 Å². The maximum Gasteiger partial charge on any atom is 0.271 e. The highest BCUT2D eigenvalue weighted by atomic mass is 19.1. The summed E-state index contributed by atoms with van der Waals surface area (Å²) in [5.41, 5.74) is 3.35. The largest absolute Gasteiger partial charge is 0.493 e. The Labute approximate surface area is 127 Å². The van der Waals surface area contributed by atoms with E-state index < -0.39 is 17.8 Å². The highest BCUT2D eigenvalue weighted by molar-refractivity contribution is 5.99. The lowest BCUT2D eigenvalue weighted by molar-refractivity contribution is -0.130. The molecule has 1 heterocycles. The van der Waals surface area contributed by atoms with E-state index in [1.165, 1.54) is 18.7 Å². The van der Waals surface area contributed by atoms with Crippen molar-refractivity contribution in [3.63, 3.8) is 0 Å². The van der Waals surface area contributed by atoms with Crippen molar-refractivity contribution in [1.82, 2.24) is 5.48 Å². The number of halogens is 1. The van der Waals surface area contributed by atoms with Gasteiger partial charge in [0.25, 0.3) is 5.91 Å². The van der Waals surface area contributed by atoms with Crippen LogP contribution < -0.4 is 10.2 Å². The normalized spacial score (nSPS) is 16.7. The van der Waals surface area contributed by atoms with Gasteiger partial charge in [0.2, 0.25) is 5.90 Å². The van der Waals surface area contributed by atoms with Crippen LogP contribution in [-0.2, 0) is 16.0 Å². The second-order valence-electron chi connectivity index (χ2n) is 4.77. The number of allylic oxidation sites excluding steroid dienone is 1. The SMILES string of the molecule is C=CCc1c(C)c(C2=NC(C(=O)NO)CO2)cc(F)c1OC. The number of benzene rings is 1. The smallest absolute Gasteiger partial charge is 0.271 e. The van der Waals surface area contributed by atoms with Gasteiger partial charge in [0.1, 0.15) is 6.61 Å². The number of hydroxylamine groups is 1. The first-order valence-corrected chi connectivity index (χ1v) is 6.65. The fraction of sp³-hybridized carbons (Fsp3) is 0.333. The Hall–Kier alpha value is -2.41. The number of nitrogens with one attached hydrogen (secondary N) is 1. The maximum atomic E-state index is 14.2. The number of hydrogen-bond donors (Lipinski definition) is 2. The first-order chi connectivity index (χ1) is 10.5. The maximum absolute atomic E-state index is 14.2. The molecule has 0 saturated heterocycles. The van der Waals surface area contributed by atoms with Gasteiger partial charge in [-0.2, -0.15) is 0 Å². The number of aliphatic imine (C=N–C) groups is 1. The van der Waals surface area contributed by atoms with Crippen molar-refractivity contribution in [2.75, 3.05) is 13.7 Å². The lowest BCUT2D eigenvalue weighted by Gasteiger charge is -2.15. The van der Waals surface area contributed by atoms with Crippen LogP contribution in [0.25, 0.3) is 0 Å². The summed E-state index contributed by atoms with van der Waals surface area (Å²) in [6.45, 7) is 5.44. The van der Waals surface area contributed by atoms with Crippen LogP contribution in [-0.4, -0.2) is 36.8 Å². The second kappa shape index (κ2) is 6.57. The van der Waals surface area contributed by atoms with Crippen molar-refractivity contribution in [3.8, 4) is 5.75 Å². The molecule has 2 rings (SSSR count). The Morgan fingerprint density at radius 1 is 1.73 bits per heavy atom. The quantitative estimate of drug-likeness (QED) is 0.491. The van der Waals surface area contributed by atoms with Crippen molar-refractivity contribution in [2.24, 2.45) is 4.99 Å². The first-order valence-electron chi connectivity index (χ1n) is 6.65. The van der Waals surface area contributed by atoms with Crippen LogP contribution in [0.2, 0.25) is 0 Å². The molecule has 0 saturated carbocycles. The summed E-state index contributed by atoms with van der Waals surface area (Å²) in [5.74, 6) is -0.892. The summed E-state index contributed by atoms with van der Waals surface area (Å²) in [7, 11) is 1.40. The number of nitrogens with zero attached hydrogens (tertiary/aromatic N) is 1. The van der Waals surface area contributed by atoms with E-state index in [0.717, 1.165) is 5.56 Å². The molecule has 1 atom stereocenters. The highest BCUT2D eigenvalue weighted by Gasteiger charge is 2.28. The zero-order valence-electron chi connectivity index (χ0n) is 12.4. The lowest BCUT2D eigenvalue weighted by Crippen LogP contribution is -2.31. The van der Waals surface area contributed by atoms with E-state index in [0.29, 0.717) is 17.5 Å². The number of amides is 1. The molecule has 0 aromatic heterocycles. The molecule has 0 aliphatic carbocycles. The summed E-state index contributed by atoms with van der Waals surface area (Å²) in [5, 5.41) is 8.62. The molecule has 0 fully saturated rings. The third-order valence-corrected chi connectivity index (χ3v) is 3.47. The van der Waals surface area contributed by atoms with Crippen molar-refractivity contribution in [1.29, 1.82) is 0 Å². The third kappa shape index (κ3) is 2.80. The Balaban J connectivity index is 2.48. The fourth-order valence-corrected chi connectivity index (χ4v) is 2.34. The predicted octanol–water partition coefficient (Wildman–Crippen LogP) is 1.52. The number of hydrogen-bond acceptors (Lipinski definition) is 5. The number of ether oxygens (including phenoxy) is 2. The van der Waals surface area contributed by atoms with Gasteiger partial charge in [-0.3, -0.25) is 10.0 Å². The first kappa shape index (κ1) is 16.0. The van der Waals surface area contributed by atoms with Crippen LogP contribution in [0.1, 0.15) is 16.7 Å². The summed E-state index contributed by atoms with van der Waals surface area (Å²) in [4.78, 5) is 15.4. The summed E-state index contributed by atoms with van der Waals surface area (Å²) in [6.07, 6.45) is 2.07. The zero-order valence-corrected chi connectivity index (χ0v) is 12.4. The van der Waals surface area contributed by atoms with E-state index in [1.807, 2.05) is 0 Å². The highest BCUT2D eigenvalue weighted by Crippen LogP contribution is 2.31. The number of carbonyl (C=O) groups is 1. The van der Waals surface area contributed by atoms with Crippen molar-refractivity contribution < 1.29 is 23.9 Å². The third-order valence-electron chi connectivity index (χ3n) is 3.47. The van der Waals surface area contributed by atoms with Gasteiger partial charge in [-0.1, -0.05) is 6.08 Å². The van der Waals surface area contributed by atoms with E-state index in [-0.39, 0.29) is 18.3 Å². The number of carbonyl (C=O) groups excluding carboxylic acids is 1. The average Bonchev–Trinajstić information content (AvgIpc) is 3.00. The van der Waals surface area contributed by atoms with Gasteiger partial charge >= 0.3 is 0 Å². The molecule has 1 unspecified atom stereocenters. The molecule has 1 aliphatic heterocycles. The summed E-state index contributed by atoms with van der Waals surface area (Å²) in [6, 6.07) is 0.408. The average molecular weight is 308 g/mol. The van der Waals surface area contributed by atoms with Crippen LogP contribution in [0, 0.1) is 12.7 Å². The molecule has 1 aromatic rings. The Kier molecular flexibility index (Phi) is 4.77. The van der Waals surface area contributed by atoms with Gasteiger partial charge in [0.15, 0.2) is 17.6 Å². The molecule has 118 valence electrons. The minimum Gasteiger partial charge on any atom is -0.493 e. The molecule has 0 radical (unpaired) electrons. The molecule has 0 spiro atoms. The zero-order chi connectivity index (χ0) is 16.3. The van der Waals surface area contributed by atoms with E-state index in [4.69, 9.17) is 14.7 Å². The molecular formula is C15H17FN2O4. The second-order valence-corrected chi connectivity index (χ2v) is 4.77. The fourth-order valence-electron chi connectivity index (χ4n) is 2.34. The standard InChI is InChI=1S/C15H17FN2O4/c1-4-5-9-8(2)10(6-11(16)13(9)21-3)15-17-12(7-22-15)14(19)18-20/h4,6,12,20H,1,5,7H2,2-3H3,(H,18,19). The van der Waals surface area contributed by atoms with E-state index in [1.54, 1.807) is 13.0 Å². The molecule has 1 amide bonds. The van der Waals surface area contributed by atoms with Gasteiger partial charge in [-0.25, -0.2) is 14.9 Å². The van der Waals surface area contributed by atoms with Gasteiger partial charge in [0, 0.05) is 11.1 Å². The Morgan fingerprint density at radius 2 is 2.45 bits per heavy atom. The van der Waals surface area contributed by atoms with Crippen LogP contribution >= 0.6 is 0 Å². The minimum absolute atomic E-state index is 0.00833. The van der Waals surface area contributed by atoms with Crippen molar-refractivity contribution >= 4 is 11.8 Å². The topological polar surface area (TPSA) is 80.2 Å². The molecule has 1 aromatic carbocycles. The van der Waals surface area contributed by atoms with E-state index in [2.05, 4.69) is 11.6 Å². The number of methoxy groups -OCH3 is 1. The molecule has 0 bridgehead atoms. The molecular weight excluding hydrogens is 291 g/mol. The predicted molar refractivity (Wildman–Crippen MR) is 77.8 cm³/mol. The van der Waals surface area contributed by atoms with E-state index in [9.17, 15) is 9.18 Å². The molecule has 22 heavy (non-hydrogen) atoms. The van der Waals surface area contributed by atoms with Crippen molar-refractivity contribution in [3.05, 3.63) is 41.2 Å². The lowest BCUT2D eigenvalue weighted by atomic mass is 9.98. The molecule has 6 nitrogen and oxygen atoms in total. The summed E-state index contributed by atoms with van der Waals surface area (Å²) < 4.78 is 24.7. The monoisotopic (exact) mass is 308 g/mol. The molecule has 2 N–H and O–H groups in total. The summed E-state index contributed by atoms with van der Waals surface area (Å²) >= 11 is 0. The van der Waals surface area contributed by atoms with E-state index >= 15 is 0 Å². The molecule has 1 aliphatic rings. The van der Waals surface area contributed by atoms with Gasteiger partial charge in [0.05, 0.1) is 7.11 Å². The van der Waals surface area contributed by atoms with Crippen LogP contribution in [0.15, 0.2) is 23.7 Å². The Morgan fingerprint density at radius 3 is 3.05 bits per heavy atom. The number of rotatable bonds is 5. The minimum atomic E-state index is -0.854. The van der Waals surface area contributed by atoms with Crippen molar-refractivity contribution in [2.45, 2.75) is 19.4 Å². The van der Waals surface area contributed by atoms with Crippen LogP contribution in [0.3, 0.4) is 0 Å². The molecule has 7 heteroatoms. The van der Waals surface area contributed by atoms with Gasteiger partial charge < -0.3 is 9.47 Å². The van der Waals surface area contributed by atoms with Crippen LogP contribution in [0.4, 0.5) is 4.39 Å².